The van der Waals surface area contributed by atoms with Gasteiger partial charge in [0.1, 0.15) is 5.82 Å². The Hall–Kier alpha value is -1.52. The van der Waals surface area contributed by atoms with Crippen molar-refractivity contribution in [2.45, 2.75) is 84.7 Å². The van der Waals surface area contributed by atoms with Gasteiger partial charge in [0.05, 0.1) is 5.82 Å². The summed E-state index contributed by atoms with van der Waals surface area (Å²) < 4.78 is 13.4. The number of nitrogens with zero attached hydrogens (tertiary/aromatic N) is 3. The van der Waals surface area contributed by atoms with Crippen molar-refractivity contribution in [2.75, 3.05) is 33.2 Å². The molecular weight excluding hydrogens is 469 g/mol. The highest BCUT2D eigenvalue weighted by Crippen LogP contribution is 2.48. The fourth-order valence-corrected chi connectivity index (χ4v) is 7.32. The van der Waals surface area contributed by atoms with Gasteiger partial charge >= 0.3 is 0 Å². The number of likely N-dealkylation sites (tertiary alicyclic amines) is 2. The maximum Gasteiger partial charge on any atom is 0.124 e. The lowest BCUT2D eigenvalue weighted by molar-refractivity contribution is 0.0694. The zero-order valence-electron chi connectivity index (χ0n) is 23.0. The Balaban J connectivity index is 1.28. The van der Waals surface area contributed by atoms with Gasteiger partial charge in [0.2, 0.25) is 0 Å². The number of benzene rings is 1. The van der Waals surface area contributed by atoms with Crippen LogP contribution in [0.25, 0.3) is 0 Å². The second-order valence-corrected chi connectivity index (χ2v) is 12.6. The Labute approximate surface area is 224 Å². The molecule has 3 nitrogen and oxygen atoms in total. The van der Waals surface area contributed by atoms with Crippen molar-refractivity contribution in [1.29, 1.82) is 0 Å². The maximum atomic E-state index is 13.4. The van der Waals surface area contributed by atoms with Crippen molar-refractivity contribution in [3.63, 3.8) is 0 Å². The molecule has 0 radical (unpaired) electrons. The topological polar surface area (TPSA) is 9.72 Å². The highest BCUT2D eigenvalue weighted by atomic mass is 35.5. The van der Waals surface area contributed by atoms with E-state index in [1.807, 2.05) is 6.07 Å². The van der Waals surface area contributed by atoms with Gasteiger partial charge in [-0.2, -0.15) is 0 Å². The van der Waals surface area contributed by atoms with Gasteiger partial charge in [-0.25, -0.2) is 4.39 Å². The average molecular weight is 516 g/mol. The molecule has 2 heterocycles. The zero-order chi connectivity index (χ0) is 25.9. The Morgan fingerprint density at radius 1 is 1.19 bits per heavy atom. The fourth-order valence-electron chi connectivity index (χ4n) is 7.09. The minimum absolute atomic E-state index is 0.264. The monoisotopic (exact) mass is 515 g/mol. The van der Waals surface area contributed by atoms with Gasteiger partial charge in [0.15, 0.2) is 0 Å². The Morgan fingerprint density at radius 3 is 2.58 bits per heavy atom. The number of hydrogen-bond donors (Lipinski definition) is 0. The van der Waals surface area contributed by atoms with E-state index >= 15 is 0 Å². The third kappa shape index (κ3) is 6.48. The molecule has 3 fully saturated rings. The predicted octanol–water partition coefficient (Wildman–Crippen LogP) is 7.72. The maximum absolute atomic E-state index is 13.4. The molecule has 0 bridgehead atoms. The minimum Gasteiger partial charge on any atom is -0.359 e. The summed E-state index contributed by atoms with van der Waals surface area (Å²) in [6, 6.07) is 5.37. The Morgan fingerprint density at radius 2 is 1.94 bits per heavy atom. The Kier molecular flexibility index (Phi) is 9.09. The number of allylic oxidation sites excluding steroid dienone is 2. The van der Waals surface area contributed by atoms with Crippen molar-refractivity contribution >= 4 is 11.6 Å². The van der Waals surface area contributed by atoms with Crippen molar-refractivity contribution < 1.29 is 4.39 Å². The van der Waals surface area contributed by atoms with E-state index in [9.17, 15) is 4.39 Å². The number of hydrogen-bond acceptors (Lipinski definition) is 3. The minimum atomic E-state index is -0.264. The van der Waals surface area contributed by atoms with Gasteiger partial charge in [-0.3, -0.25) is 4.90 Å². The Bertz CT molecular complexity index is 936. The van der Waals surface area contributed by atoms with Crippen LogP contribution in [0.5, 0.6) is 0 Å². The van der Waals surface area contributed by atoms with Crippen LogP contribution in [-0.2, 0) is 6.54 Å². The molecule has 0 aromatic heterocycles. The summed E-state index contributed by atoms with van der Waals surface area (Å²) in [6.45, 7) is 16.4. The van der Waals surface area contributed by atoms with E-state index in [0.717, 1.165) is 23.9 Å². The van der Waals surface area contributed by atoms with Crippen LogP contribution in [0.3, 0.4) is 0 Å². The van der Waals surface area contributed by atoms with Crippen LogP contribution in [0.1, 0.15) is 77.7 Å². The summed E-state index contributed by atoms with van der Waals surface area (Å²) in [6.07, 6.45) is 12.5. The van der Waals surface area contributed by atoms with Gasteiger partial charge in [0.25, 0.3) is 0 Å². The van der Waals surface area contributed by atoms with Gasteiger partial charge in [-0.1, -0.05) is 30.2 Å². The fraction of sp³-hybridized carbons (Fsp3) is 0.677. The molecule has 4 rings (SSSR count). The molecule has 0 N–H and O–H groups in total. The molecule has 3 aliphatic rings. The van der Waals surface area contributed by atoms with Crippen LogP contribution in [-0.4, -0.2) is 54.0 Å². The molecule has 2 saturated heterocycles. The van der Waals surface area contributed by atoms with Crippen molar-refractivity contribution in [3.05, 3.63) is 58.7 Å². The van der Waals surface area contributed by atoms with Crippen LogP contribution >= 0.6 is 11.6 Å². The third-order valence-electron chi connectivity index (χ3n) is 9.49. The summed E-state index contributed by atoms with van der Waals surface area (Å²) in [5.74, 6) is 2.77. The second kappa shape index (κ2) is 11.9. The molecule has 3 atom stereocenters. The standard InChI is InChI=1S/C31H47ClFN3/c1-6-30(36-16-12-25(24(4)21-36)8-7-23(2)3)35-17-14-31(15-18-35)13-11-28(20-31)34(5)22-26-9-10-27(33)19-29(26)32/h6,9-10,19,24-25,28H,2,7-8,11-18,20-22H2,1,3-5H3/b30-6+. The van der Waals surface area contributed by atoms with E-state index in [2.05, 4.69) is 55.2 Å². The van der Waals surface area contributed by atoms with E-state index in [1.54, 1.807) is 0 Å². The molecule has 3 unspecified atom stereocenters. The summed E-state index contributed by atoms with van der Waals surface area (Å²) in [5.41, 5.74) is 2.82. The lowest BCUT2D eigenvalue weighted by atomic mass is 9.76. The molecule has 5 heteroatoms. The van der Waals surface area contributed by atoms with E-state index < -0.39 is 0 Å². The quantitative estimate of drug-likeness (QED) is 0.328. The van der Waals surface area contributed by atoms with E-state index in [0.29, 0.717) is 16.5 Å². The molecule has 200 valence electrons. The van der Waals surface area contributed by atoms with Crippen molar-refractivity contribution in [3.8, 4) is 0 Å². The molecule has 1 saturated carbocycles. The molecular formula is C31H47ClFN3. The van der Waals surface area contributed by atoms with Crippen LogP contribution in [0, 0.1) is 23.1 Å². The van der Waals surface area contributed by atoms with E-state index in [1.165, 1.54) is 101 Å². The van der Waals surface area contributed by atoms with Gasteiger partial charge in [0, 0.05) is 43.8 Å². The number of halogens is 2. The third-order valence-corrected chi connectivity index (χ3v) is 9.84. The van der Waals surface area contributed by atoms with Gasteiger partial charge < -0.3 is 9.80 Å². The summed E-state index contributed by atoms with van der Waals surface area (Å²) in [5, 5.41) is 0.538. The molecule has 36 heavy (non-hydrogen) atoms. The van der Waals surface area contributed by atoms with Crippen molar-refractivity contribution in [1.82, 2.24) is 14.7 Å². The van der Waals surface area contributed by atoms with Crippen molar-refractivity contribution in [2.24, 2.45) is 17.3 Å². The molecule has 0 amide bonds. The number of rotatable bonds is 8. The average Bonchev–Trinajstić information content (AvgIpc) is 3.25. The molecule has 2 aliphatic heterocycles. The predicted molar refractivity (Wildman–Crippen MR) is 150 cm³/mol. The largest absolute Gasteiger partial charge is 0.359 e. The first-order valence-electron chi connectivity index (χ1n) is 14.1. The summed E-state index contributed by atoms with van der Waals surface area (Å²) in [7, 11) is 2.21. The normalized spacial score (nSPS) is 26.8. The lowest BCUT2D eigenvalue weighted by Crippen LogP contribution is -2.47. The smallest absolute Gasteiger partial charge is 0.124 e. The first kappa shape index (κ1) is 27.5. The lowest BCUT2D eigenvalue weighted by Gasteiger charge is -2.47. The molecule has 1 spiro atoms. The first-order chi connectivity index (χ1) is 17.2. The highest BCUT2D eigenvalue weighted by molar-refractivity contribution is 6.31. The molecule has 1 aromatic carbocycles. The van der Waals surface area contributed by atoms with Crippen LogP contribution in [0.15, 0.2) is 42.2 Å². The molecule has 1 aliphatic carbocycles. The molecule has 1 aromatic rings. The number of piperidine rings is 2. The highest BCUT2D eigenvalue weighted by Gasteiger charge is 2.43. The van der Waals surface area contributed by atoms with Crippen LogP contribution in [0.4, 0.5) is 4.39 Å². The zero-order valence-corrected chi connectivity index (χ0v) is 23.8. The first-order valence-corrected chi connectivity index (χ1v) is 14.5. The SMILES string of the molecule is C=C(C)CCC1CCN(/C(=C/C)N2CCC3(CCC(N(C)Cc4ccc(F)cc4Cl)C3)CC2)CC1C. The van der Waals surface area contributed by atoms with Gasteiger partial charge in [-0.05, 0) is 113 Å². The second-order valence-electron chi connectivity index (χ2n) is 12.1. The van der Waals surface area contributed by atoms with Crippen LogP contribution < -0.4 is 0 Å². The summed E-state index contributed by atoms with van der Waals surface area (Å²) in [4.78, 5) is 7.77. The summed E-state index contributed by atoms with van der Waals surface area (Å²) >= 11 is 6.31. The van der Waals surface area contributed by atoms with Crippen LogP contribution in [0.2, 0.25) is 5.02 Å². The van der Waals surface area contributed by atoms with E-state index in [-0.39, 0.29) is 5.82 Å². The van der Waals surface area contributed by atoms with Gasteiger partial charge in [-0.15, -0.1) is 6.58 Å². The van der Waals surface area contributed by atoms with E-state index in [4.69, 9.17) is 11.6 Å².